The number of allylic oxidation sites excluding steroid dienone is 1. The molecule has 192 valence electrons. The molecule has 0 aromatic heterocycles. The second kappa shape index (κ2) is 9.65. The number of urea groups is 1. The van der Waals surface area contributed by atoms with Crippen LogP contribution in [0.25, 0.3) is 0 Å². The SMILES string of the molecule is CC1=C(CC(C(=O)[O-])(C(=O)[O-])C(=O)[O-])C(c2ccc(C#N)cc2)NC(=O)N1c1cccc(C(F)(F)F)c1. The quantitative estimate of drug-likeness (QED) is 0.492. The fourth-order valence-corrected chi connectivity index (χ4v) is 3.93. The van der Waals surface area contributed by atoms with Gasteiger partial charge in [0.2, 0.25) is 0 Å². The summed E-state index contributed by atoms with van der Waals surface area (Å²) in [4.78, 5) is 49.0. The van der Waals surface area contributed by atoms with E-state index in [1.165, 1.54) is 31.2 Å². The van der Waals surface area contributed by atoms with Crippen LogP contribution in [-0.2, 0) is 20.6 Å². The molecule has 13 heteroatoms. The number of rotatable bonds is 7. The third-order valence-corrected chi connectivity index (χ3v) is 5.93. The van der Waals surface area contributed by atoms with Crippen molar-refractivity contribution in [2.45, 2.75) is 25.6 Å². The van der Waals surface area contributed by atoms with Gasteiger partial charge in [-0.25, -0.2) is 4.79 Å². The summed E-state index contributed by atoms with van der Waals surface area (Å²) in [7, 11) is 0. The third kappa shape index (κ3) is 4.81. The Morgan fingerprint density at radius 2 is 1.59 bits per heavy atom. The molecule has 3 rings (SSSR count). The molecular weight excluding hydrogens is 499 g/mol. The van der Waals surface area contributed by atoms with E-state index < -0.39 is 53.6 Å². The summed E-state index contributed by atoms with van der Waals surface area (Å²) in [6.07, 6.45) is -6.10. The lowest BCUT2D eigenvalue weighted by Crippen LogP contribution is -2.63. The number of carboxylic acid groups (broad SMARTS) is 3. The van der Waals surface area contributed by atoms with E-state index in [1.54, 1.807) is 0 Å². The van der Waals surface area contributed by atoms with Crippen molar-refractivity contribution in [3.05, 3.63) is 76.5 Å². The van der Waals surface area contributed by atoms with Gasteiger partial charge in [-0.2, -0.15) is 18.4 Å². The van der Waals surface area contributed by atoms with Gasteiger partial charge >= 0.3 is 12.2 Å². The van der Waals surface area contributed by atoms with Crippen LogP contribution >= 0.6 is 0 Å². The number of alkyl halides is 3. The molecule has 0 saturated heterocycles. The van der Waals surface area contributed by atoms with Gasteiger partial charge in [0.15, 0.2) is 0 Å². The summed E-state index contributed by atoms with van der Waals surface area (Å²) < 4.78 is 39.8. The molecule has 0 fully saturated rings. The van der Waals surface area contributed by atoms with Crippen molar-refractivity contribution in [1.29, 1.82) is 5.26 Å². The highest BCUT2D eigenvalue weighted by Crippen LogP contribution is 2.41. The number of carboxylic acids is 3. The van der Waals surface area contributed by atoms with Gasteiger partial charge in [-0.1, -0.05) is 18.2 Å². The fourth-order valence-electron chi connectivity index (χ4n) is 3.93. The van der Waals surface area contributed by atoms with Crippen LogP contribution in [0.5, 0.6) is 0 Å². The van der Waals surface area contributed by atoms with E-state index in [0.717, 1.165) is 23.1 Å². The number of carbonyl (C=O) groups excluding carboxylic acids is 4. The van der Waals surface area contributed by atoms with Gasteiger partial charge in [0.1, 0.15) is 0 Å². The highest BCUT2D eigenvalue weighted by atomic mass is 19.4. The van der Waals surface area contributed by atoms with Gasteiger partial charge in [-0.05, 0) is 54.8 Å². The number of halogens is 3. The molecule has 2 amide bonds. The Bertz CT molecular complexity index is 1320. The van der Waals surface area contributed by atoms with Crippen LogP contribution in [0, 0.1) is 16.7 Å². The lowest BCUT2D eigenvalue weighted by atomic mass is 9.77. The van der Waals surface area contributed by atoms with Gasteiger partial charge in [0.05, 0.1) is 52.2 Å². The van der Waals surface area contributed by atoms with Crippen LogP contribution in [0.15, 0.2) is 59.8 Å². The van der Waals surface area contributed by atoms with E-state index in [4.69, 9.17) is 5.26 Å². The summed E-state index contributed by atoms with van der Waals surface area (Å²) in [6, 6.07) is 8.43. The number of anilines is 1. The maximum Gasteiger partial charge on any atom is 0.416 e. The summed E-state index contributed by atoms with van der Waals surface area (Å²) in [5, 5.41) is 46.7. The zero-order valence-electron chi connectivity index (χ0n) is 18.8. The predicted octanol–water partition coefficient (Wildman–Crippen LogP) is -0.252. The zero-order valence-corrected chi connectivity index (χ0v) is 18.8. The lowest BCUT2D eigenvalue weighted by Gasteiger charge is -2.42. The summed E-state index contributed by atoms with van der Waals surface area (Å²) >= 11 is 0. The largest absolute Gasteiger partial charge is 0.549 e. The number of nitrogens with one attached hydrogen (secondary N) is 1. The van der Waals surface area contributed by atoms with Crippen molar-refractivity contribution in [3.63, 3.8) is 0 Å². The summed E-state index contributed by atoms with van der Waals surface area (Å²) in [6.45, 7) is 1.18. The molecule has 0 aliphatic carbocycles. The monoisotopic (exact) mass is 514 g/mol. The first-order chi connectivity index (χ1) is 17.2. The molecule has 1 N–H and O–H groups in total. The van der Waals surface area contributed by atoms with Crippen molar-refractivity contribution in [3.8, 4) is 6.07 Å². The molecule has 1 heterocycles. The molecule has 1 atom stereocenters. The molecule has 0 radical (unpaired) electrons. The molecule has 2 aromatic rings. The standard InChI is InChI=1S/C24H18F3N3O7/c1-12-17(10-23(19(31)32,20(33)34)21(35)36)18(14-7-5-13(11-28)6-8-14)29-22(37)30(12)16-4-2-3-15(9-16)24(25,26)27/h2-9,18H,10H2,1H3,(H,29,37)(H,31,32)(H,33,34)(H,35,36)/p-3. The normalized spacial score (nSPS) is 16.1. The first kappa shape index (κ1) is 26.7. The number of nitriles is 1. The van der Waals surface area contributed by atoms with Gasteiger partial charge in [-0.15, -0.1) is 0 Å². The highest BCUT2D eigenvalue weighted by molar-refractivity contribution is 6.14. The molecule has 10 nitrogen and oxygen atoms in total. The van der Waals surface area contributed by atoms with E-state index in [-0.39, 0.29) is 28.1 Å². The number of benzene rings is 2. The van der Waals surface area contributed by atoms with Crippen molar-refractivity contribution in [2.75, 3.05) is 4.90 Å². The Morgan fingerprint density at radius 1 is 1.03 bits per heavy atom. The molecule has 0 bridgehead atoms. The second-order valence-corrected chi connectivity index (χ2v) is 8.05. The zero-order chi connectivity index (χ0) is 27.7. The first-order valence-corrected chi connectivity index (χ1v) is 10.4. The predicted molar refractivity (Wildman–Crippen MR) is 111 cm³/mol. The van der Waals surface area contributed by atoms with Crippen LogP contribution in [-0.4, -0.2) is 23.9 Å². The van der Waals surface area contributed by atoms with E-state index in [1.807, 2.05) is 6.07 Å². The minimum absolute atomic E-state index is 0.189. The molecule has 0 spiro atoms. The second-order valence-electron chi connectivity index (χ2n) is 8.05. The van der Waals surface area contributed by atoms with Crippen molar-refractivity contribution < 1.29 is 47.7 Å². The minimum Gasteiger partial charge on any atom is -0.549 e. The number of hydrogen-bond acceptors (Lipinski definition) is 8. The van der Waals surface area contributed by atoms with Crippen molar-refractivity contribution in [2.24, 2.45) is 5.41 Å². The minimum atomic E-state index is -4.78. The molecule has 0 saturated carbocycles. The van der Waals surface area contributed by atoms with Crippen LogP contribution in [0.2, 0.25) is 0 Å². The number of carbonyl (C=O) groups is 4. The van der Waals surface area contributed by atoms with Gasteiger partial charge in [0.25, 0.3) is 0 Å². The van der Waals surface area contributed by atoms with Gasteiger partial charge in [0, 0.05) is 5.70 Å². The molecule has 2 aromatic carbocycles. The summed E-state index contributed by atoms with van der Waals surface area (Å²) in [5.74, 6) is -7.68. The van der Waals surface area contributed by atoms with Crippen LogP contribution in [0.3, 0.4) is 0 Å². The Labute approximate surface area is 206 Å². The topological polar surface area (TPSA) is 177 Å². The lowest BCUT2D eigenvalue weighted by molar-refractivity contribution is -0.360. The third-order valence-electron chi connectivity index (χ3n) is 5.93. The van der Waals surface area contributed by atoms with E-state index in [2.05, 4.69) is 5.32 Å². The van der Waals surface area contributed by atoms with Crippen molar-refractivity contribution in [1.82, 2.24) is 5.32 Å². The molecular formula is C24H15F3N3O7-3. The van der Waals surface area contributed by atoms with Crippen molar-refractivity contribution >= 4 is 29.6 Å². The fraction of sp³-hybridized carbons (Fsp3) is 0.208. The van der Waals surface area contributed by atoms with E-state index in [0.29, 0.717) is 6.07 Å². The number of nitrogens with zero attached hydrogens (tertiary/aromatic N) is 2. The maximum absolute atomic E-state index is 13.3. The van der Waals surface area contributed by atoms with Crippen LogP contribution in [0.1, 0.15) is 36.1 Å². The number of hydrogen-bond donors (Lipinski definition) is 1. The summed E-state index contributed by atoms with van der Waals surface area (Å²) in [5.41, 5.74) is -5.30. The Balaban J connectivity index is 2.27. The smallest absolute Gasteiger partial charge is 0.416 e. The Hall–Kier alpha value is -4.86. The number of aliphatic carboxylic acids is 3. The first-order valence-electron chi connectivity index (χ1n) is 10.4. The van der Waals surface area contributed by atoms with Crippen LogP contribution < -0.4 is 25.5 Å². The van der Waals surface area contributed by atoms with Gasteiger partial charge in [-0.3, -0.25) is 4.90 Å². The van der Waals surface area contributed by atoms with Crippen LogP contribution in [0.4, 0.5) is 23.7 Å². The molecule has 1 aliphatic rings. The van der Waals surface area contributed by atoms with E-state index in [9.17, 15) is 47.7 Å². The number of amides is 2. The van der Waals surface area contributed by atoms with Gasteiger partial charge < -0.3 is 35.0 Å². The molecule has 37 heavy (non-hydrogen) atoms. The average molecular weight is 514 g/mol. The highest BCUT2D eigenvalue weighted by Gasteiger charge is 2.42. The Morgan fingerprint density at radius 3 is 2.08 bits per heavy atom. The van der Waals surface area contributed by atoms with E-state index >= 15 is 0 Å². The Kier molecular flexibility index (Phi) is 6.97. The average Bonchev–Trinajstić information content (AvgIpc) is 2.82. The maximum atomic E-state index is 13.3. The molecule has 1 aliphatic heterocycles. The molecule has 1 unspecified atom stereocenters.